The Bertz CT molecular complexity index is 447. The zero-order valence-corrected chi connectivity index (χ0v) is 15.9. The number of halogens is 1. The Morgan fingerprint density at radius 1 is 1.05 bits per heavy atom. The van der Waals surface area contributed by atoms with Crippen molar-refractivity contribution in [1.29, 1.82) is 0 Å². The van der Waals surface area contributed by atoms with Crippen molar-refractivity contribution >= 4 is 0 Å². The lowest BCUT2D eigenvalue weighted by atomic mass is 10.0. The fourth-order valence-electron chi connectivity index (χ4n) is 2.39. The van der Waals surface area contributed by atoms with Crippen molar-refractivity contribution in [2.45, 2.75) is 39.7 Å². The fraction of sp³-hybridized carbons (Fsp3) is 0.556. The van der Waals surface area contributed by atoms with Crippen LogP contribution in [0.2, 0.25) is 0 Å². The van der Waals surface area contributed by atoms with E-state index in [1.807, 2.05) is 37.3 Å². The van der Waals surface area contributed by atoms with Gasteiger partial charge in [0.05, 0.1) is 26.2 Å². The molecular formula is C18H28INO. The second kappa shape index (κ2) is 9.45. The summed E-state index contributed by atoms with van der Waals surface area (Å²) >= 11 is 0. The molecule has 3 heteroatoms. The van der Waals surface area contributed by atoms with Gasteiger partial charge in [-0.05, 0) is 39.8 Å². The molecule has 2 nitrogen and oxygen atoms in total. The molecule has 0 heterocycles. The minimum Gasteiger partial charge on any atom is -1.00 e. The van der Waals surface area contributed by atoms with Gasteiger partial charge >= 0.3 is 0 Å². The lowest BCUT2D eigenvalue weighted by Gasteiger charge is -2.37. The second-order valence-electron chi connectivity index (χ2n) is 5.65. The van der Waals surface area contributed by atoms with Crippen molar-refractivity contribution in [1.82, 2.24) is 0 Å². The van der Waals surface area contributed by atoms with Crippen LogP contribution < -0.4 is 24.0 Å². The summed E-state index contributed by atoms with van der Waals surface area (Å²) in [4.78, 5) is 0. The van der Waals surface area contributed by atoms with E-state index in [2.05, 4.69) is 32.6 Å². The second-order valence-corrected chi connectivity index (χ2v) is 5.65. The highest BCUT2D eigenvalue weighted by Crippen LogP contribution is 2.15. The molecule has 0 saturated carbocycles. The van der Waals surface area contributed by atoms with Crippen molar-refractivity contribution < 1.29 is 33.6 Å². The van der Waals surface area contributed by atoms with Gasteiger partial charge in [-0.3, -0.25) is 0 Å². The molecule has 0 bridgehead atoms. The van der Waals surface area contributed by atoms with Gasteiger partial charge < -0.3 is 33.6 Å². The summed E-state index contributed by atoms with van der Waals surface area (Å²) in [6, 6.07) is 9.83. The first kappa shape index (κ1) is 20.4. The van der Waals surface area contributed by atoms with Gasteiger partial charge in [0.25, 0.3) is 0 Å². The average Bonchev–Trinajstić information content (AvgIpc) is 2.48. The number of hydrogen-bond acceptors (Lipinski definition) is 1. The highest BCUT2D eigenvalue weighted by Gasteiger charge is 2.26. The summed E-state index contributed by atoms with van der Waals surface area (Å²) in [6.45, 7) is 12.8. The van der Waals surface area contributed by atoms with Crippen LogP contribution >= 0.6 is 0 Å². The average molecular weight is 401 g/mol. The monoisotopic (exact) mass is 401 g/mol. The number of rotatable bonds is 6. The third kappa shape index (κ3) is 6.82. The molecule has 0 aromatic heterocycles. The maximum atomic E-state index is 10.4. The third-order valence-corrected chi connectivity index (χ3v) is 4.34. The lowest BCUT2D eigenvalue weighted by Crippen LogP contribution is -3.00. The van der Waals surface area contributed by atoms with E-state index in [0.717, 1.165) is 36.2 Å². The summed E-state index contributed by atoms with van der Waals surface area (Å²) in [6.07, 6.45) is 0.711. The van der Waals surface area contributed by atoms with Gasteiger partial charge in [-0.1, -0.05) is 30.0 Å². The van der Waals surface area contributed by atoms with Crippen LogP contribution in [-0.4, -0.2) is 41.4 Å². The van der Waals surface area contributed by atoms with Gasteiger partial charge in [-0.15, -0.1) is 0 Å². The van der Waals surface area contributed by atoms with Crippen molar-refractivity contribution in [2.24, 2.45) is 0 Å². The van der Waals surface area contributed by atoms with Crippen molar-refractivity contribution in [3.63, 3.8) is 0 Å². The molecule has 118 valence electrons. The van der Waals surface area contributed by atoms with Crippen LogP contribution in [0, 0.1) is 11.8 Å². The molecule has 0 spiro atoms. The van der Waals surface area contributed by atoms with E-state index >= 15 is 0 Å². The lowest BCUT2D eigenvalue weighted by molar-refractivity contribution is -0.923. The topological polar surface area (TPSA) is 20.2 Å². The quantitative estimate of drug-likeness (QED) is 0.406. The van der Waals surface area contributed by atoms with Gasteiger partial charge in [0.15, 0.2) is 0 Å². The molecule has 0 radical (unpaired) electrons. The van der Waals surface area contributed by atoms with Crippen molar-refractivity contribution in [3.05, 3.63) is 35.9 Å². The first-order valence-corrected chi connectivity index (χ1v) is 7.62. The Morgan fingerprint density at radius 3 is 2.05 bits per heavy atom. The molecule has 0 saturated heterocycles. The van der Waals surface area contributed by atoms with E-state index < -0.39 is 5.60 Å². The number of quaternary nitrogens is 1. The third-order valence-electron chi connectivity index (χ3n) is 4.34. The van der Waals surface area contributed by atoms with Gasteiger partial charge in [0, 0.05) is 12.0 Å². The fourth-order valence-corrected chi connectivity index (χ4v) is 2.39. The summed E-state index contributed by atoms with van der Waals surface area (Å²) in [7, 11) is 0. The SMILES string of the molecule is CC[N+](CC)(CC)CCC(C)(O)C#Cc1ccccc1.[I-]. The molecule has 1 N–H and O–H groups in total. The van der Waals surface area contributed by atoms with Crippen LogP contribution in [0.25, 0.3) is 0 Å². The zero-order chi connectivity index (χ0) is 15.1. The predicted octanol–water partition coefficient (Wildman–Crippen LogP) is 0.0597. The highest BCUT2D eigenvalue weighted by molar-refractivity contribution is 5.35. The maximum Gasteiger partial charge on any atom is 0.128 e. The van der Waals surface area contributed by atoms with Gasteiger partial charge in [0.2, 0.25) is 0 Å². The molecule has 1 aromatic rings. The Morgan fingerprint density at radius 2 is 1.57 bits per heavy atom. The minimum absolute atomic E-state index is 0. The number of hydrogen-bond donors (Lipinski definition) is 1. The van der Waals surface area contributed by atoms with Crippen molar-refractivity contribution in [2.75, 3.05) is 26.2 Å². The standard InChI is InChI=1S/C18H28NO.HI/c1-5-19(6-2,7-3)16-15-18(4,20)14-13-17-11-9-8-10-12-17;/h8-12,20H,5-7,15-16H2,1-4H3;1H/q+1;/p-1. The van der Waals surface area contributed by atoms with Crippen LogP contribution in [0.4, 0.5) is 0 Å². The van der Waals surface area contributed by atoms with Crippen LogP contribution in [0.3, 0.4) is 0 Å². The summed E-state index contributed by atoms with van der Waals surface area (Å²) in [5.74, 6) is 6.08. The van der Waals surface area contributed by atoms with E-state index in [9.17, 15) is 5.11 Å². The number of nitrogens with zero attached hydrogens (tertiary/aromatic N) is 1. The molecule has 1 unspecified atom stereocenters. The molecule has 0 fully saturated rings. The van der Waals surface area contributed by atoms with E-state index in [-0.39, 0.29) is 24.0 Å². The van der Waals surface area contributed by atoms with Crippen LogP contribution in [0.5, 0.6) is 0 Å². The first-order valence-electron chi connectivity index (χ1n) is 7.62. The normalized spacial score (nSPS) is 13.6. The molecule has 1 aromatic carbocycles. The van der Waals surface area contributed by atoms with Crippen molar-refractivity contribution in [3.8, 4) is 11.8 Å². The molecule has 21 heavy (non-hydrogen) atoms. The van der Waals surface area contributed by atoms with E-state index in [0.29, 0.717) is 6.42 Å². The van der Waals surface area contributed by atoms with Crippen LogP contribution in [0.1, 0.15) is 39.7 Å². The summed E-state index contributed by atoms with van der Waals surface area (Å²) in [5.41, 5.74) is 0.0359. The van der Waals surface area contributed by atoms with Gasteiger partial charge in [-0.25, -0.2) is 0 Å². The Labute approximate surface area is 147 Å². The molecular weight excluding hydrogens is 373 g/mol. The molecule has 1 rings (SSSR count). The summed E-state index contributed by atoms with van der Waals surface area (Å²) < 4.78 is 1.04. The van der Waals surface area contributed by atoms with Crippen LogP contribution in [-0.2, 0) is 0 Å². The van der Waals surface area contributed by atoms with Crippen LogP contribution in [0.15, 0.2) is 30.3 Å². The molecule has 0 amide bonds. The molecule has 0 aliphatic carbocycles. The smallest absolute Gasteiger partial charge is 0.128 e. The minimum atomic E-state index is -0.918. The number of benzene rings is 1. The number of aliphatic hydroxyl groups is 1. The molecule has 0 aliphatic heterocycles. The predicted molar refractivity (Wildman–Crippen MR) is 85.3 cm³/mol. The highest BCUT2D eigenvalue weighted by atomic mass is 127. The van der Waals surface area contributed by atoms with E-state index in [1.165, 1.54) is 0 Å². The molecule has 1 atom stereocenters. The van der Waals surface area contributed by atoms with E-state index in [1.54, 1.807) is 0 Å². The maximum absolute atomic E-state index is 10.4. The summed E-state index contributed by atoms with van der Waals surface area (Å²) in [5, 5.41) is 10.4. The Balaban J connectivity index is 0.00000400. The van der Waals surface area contributed by atoms with E-state index in [4.69, 9.17) is 0 Å². The Kier molecular flexibility index (Phi) is 9.19. The molecule has 0 aliphatic rings. The largest absolute Gasteiger partial charge is 1.00 e. The first-order chi connectivity index (χ1) is 9.47. The Hall–Kier alpha value is -0.570. The zero-order valence-electron chi connectivity index (χ0n) is 13.7. The van der Waals surface area contributed by atoms with Gasteiger partial charge in [-0.2, -0.15) is 0 Å². The van der Waals surface area contributed by atoms with Gasteiger partial charge in [0.1, 0.15) is 5.60 Å².